The standard InChI is InChI=1S/C9H16N2O2.C2H6/c1-7-5-13-9(10-7)11-3-4-12-6-8(11)2;1-2/h5,8-10H,3-4,6H2,1-2H3;1-2H3. The van der Waals surface area contributed by atoms with Gasteiger partial charge in [-0.3, -0.25) is 0 Å². The van der Waals surface area contributed by atoms with Crippen molar-refractivity contribution in [3.8, 4) is 0 Å². The van der Waals surface area contributed by atoms with Crippen molar-refractivity contribution in [2.45, 2.75) is 40.1 Å². The van der Waals surface area contributed by atoms with Crippen molar-refractivity contribution < 1.29 is 9.47 Å². The fourth-order valence-electron chi connectivity index (χ4n) is 1.68. The van der Waals surface area contributed by atoms with Gasteiger partial charge in [0.05, 0.1) is 13.2 Å². The molecule has 88 valence electrons. The number of hydrogen-bond acceptors (Lipinski definition) is 4. The summed E-state index contributed by atoms with van der Waals surface area (Å²) in [5.74, 6) is 0. The molecule has 2 atom stereocenters. The van der Waals surface area contributed by atoms with Crippen LogP contribution in [0.25, 0.3) is 0 Å². The van der Waals surface area contributed by atoms with Gasteiger partial charge in [0, 0.05) is 18.3 Å². The van der Waals surface area contributed by atoms with Crippen LogP contribution in [0, 0.1) is 0 Å². The molecule has 0 spiro atoms. The number of nitrogens with zero attached hydrogens (tertiary/aromatic N) is 1. The Morgan fingerprint density at radius 1 is 1.47 bits per heavy atom. The Balaban J connectivity index is 0.000000531. The van der Waals surface area contributed by atoms with Gasteiger partial charge < -0.3 is 14.8 Å². The molecular formula is C11H22N2O2. The quantitative estimate of drug-likeness (QED) is 0.717. The molecule has 1 fully saturated rings. The Bertz CT molecular complexity index is 219. The van der Waals surface area contributed by atoms with Crippen LogP contribution < -0.4 is 5.32 Å². The average molecular weight is 214 g/mol. The lowest BCUT2D eigenvalue weighted by Gasteiger charge is -2.36. The minimum Gasteiger partial charge on any atom is -0.463 e. The van der Waals surface area contributed by atoms with Gasteiger partial charge in [-0.25, -0.2) is 4.90 Å². The van der Waals surface area contributed by atoms with Gasteiger partial charge >= 0.3 is 0 Å². The highest BCUT2D eigenvalue weighted by molar-refractivity contribution is 4.97. The van der Waals surface area contributed by atoms with Gasteiger partial charge in [0.1, 0.15) is 6.26 Å². The molecular weight excluding hydrogens is 192 g/mol. The molecule has 0 aromatic carbocycles. The summed E-state index contributed by atoms with van der Waals surface area (Å²) in [4.78, 5) is 2.27. The molecule has 0 aromatic heterocycles. The lowest BCUT2D eigenvalue weighted by Crippen LogP contribution is -2.53. The van der Waals surface area contributed by atoms with E-state index in [1.54, 1.807) is 6.26 Å². The zero-order valence-electron chi connectivity index (χ0n) is 10.1. The van der Waals surface area contributed by atoms with Crippen molar-refractivity contribution in [1.29, 1.82) is 0 Å². The summed E-state index contributed by atoms with van der Waals surface area (Å²) in [6, 6.07) is 0.422. The van der Waals surface area contributed by atoms with Crippen LogP contribution in [0.3, 0.4) is 0 Å². The molecule has 1 N–H and O–H groups in total. The smallest absolute Gasteiger partial charge is 0.229 e. The third-order valence-electron chi connectivity index (χ3n) is 2.45. The maximum absolute atomic E-state index is 5.47. The van der Waals surface area contributed by atoms with Crippen LogP contribution in [0.2, 0.25) is 0 Å². The van der Waals surface area contributed by atoms with Crippen LogP contribution in [-0.4, -0.2) is 37.1 Å². The lowest BCUT2D eigenvalue weighted by molar-refractivity contribution is -0.0933. The topological polar surface area (TPSA) is 33.7 Å². The second kappa shape index (κ2) is 5.98. The van der Waals surface area contributed by atoms with E-state index >= 15 is 0 Å². The Hall–Kier alpha value is -0.740. The molecule has 2 aliphatic heterocycles. The zero-order valence-corrected chi connectivity index (χ0v) is 10.1. The highest BCUT2D eigenvalue weighted by Crippen LogP contribution is 2.15. The maximum atomic E-state index is 5.47. The monoisotopic (exact) mass is 214 g/mol. The van der Waals surface area contributed by atoms with Crippen LogP contribution in [0.15, 0.2) is 12.0 Å². The first kappa shape index (κ1) is 12.3. The summed E-state index contributed by atoms with van der Waals surface area (Å²) in [5.41, 5.74) is 1.09. The Morgan fingerprint density at radius 3 is 2.73 bits per heavy atom. The fraction of sp³-hybridized carbons (Fsp3) is 0.818. The highest BCUT2D eigenvalue weighted by atomic mass is 16.5. The van der Waals surface area contributed by atoms with Crippen LogP contribution in [0.5, 0.6) is 0 Å². The molecule has 2 unspecified atom stereocenters. The number of nitrogens with one attached hydrogen (secondary N) is 1. The minimum absolute atomic E-state index is 0.0129. The predicted molar refractivity (Wildman–Crippen MR) is 60.1 cm³/mol. The van der Waals surface area contributed by atoms with Crippen molar-refractivity contribution in [2.24, 2.45) is 0 Å². The molecule has 2 heterocycles. The summed E-state index contributed by atoms with van der Waals surface area (Å²) in [5, 5.41) is 3.26. The van der Waals surface area contributed by atoms with E-state index in [0.717, 1.165) is 25.5 Å². The molecule has 15 heavy (non-hydrogen) atoms. The van der Waals surface area contributed by atoms with E-state index in [-0.39, 0.29) is 6.35 Å². The summed E-state index contributed by atoms with van der Waals surface area (Å²) in [7, 11) is 0. The molecule has 0 saturated carbocycles. The molecule has 0 aliphatic carbocycles. The third-order valence-corrected chi connectivity index (χ3v) is 2.45. The molecule has 2 rings (SSSR count). The van der Waals surface area contributed by atoms with Gasteiger partial charge in [-0.15, -0.1) is 0 Å². The van der Waals surface area contributed by atoms with Crippen molar-refractivity contribution in [3.05, 3.63) is 12.0 Å². The molecule has 4 nitrogen and oxygen atoms in total. The number of allylic oxidation sites excluding steroid dienone is 1. The Labute approximate surface area is 92.2 Å². The molecule has 0 amide bonds. The second-order valence-electron chi connectivity index (χ2n) is 3.60. The van der Waals surface area contributed by atoms with Gasteiger partial charge in [0.15, 0.2) is 0 Å². The zero-order chi connectivity index (χ0) is 11.3. The van der Waals surface area contributed by atoms with Crippen molar-refractivity contribution in [3.63, 3.8) is 0 Å². The van der Waals surface area contributed by atoms with E-state index < -0.39 is 0 Å². The van der Waals surface area contributed by atoms with E-state index in [1.807, 2.05) is 20.8 Å². The van der Waals surface area contributed by atoms with Crippen LogP contribution >= 0.6 is 0 Å². The first-order valence-electron chi connectivity index (χ1n) is 5.69. The van der Waals surface area contributed by atoms with Crippen molar-refractivity contribution >= 4 is 0 Å². The summed E-state index contributed by atoms with van der Waals surface area (Å²) >= 11 is 0. The number of ether oxygens (including phenoxy) is 2. The SMILES string of the molecule is CC.CC1=COC(N2CCOCC2C)N1. The number of hydrogen-bond donors (Lipinski definition) is 1. The van der Waals surface area contributed by atoms with Crippen molar-refractivity contribution in [2.75, 3.05) is 19.8 Å². The van der Waals surface area contributed by atoms with Crippen LogP contribution in [0.1, 0.15) is 27.7 Å². The molecule has 0 aromatic rings. The molecule has 1 saturated heterocycles. The predicted octanol–water partition coefficient (Wildman–Crippen LogP) is 1.50. The molecule has 2 aliphatic rings. The number of morpholine rings is 1. The van der Waals surface area contributed by atoms with E-state index in [4.69, 9.17) is 9.47 Å². The van der Waals surface area contributed by atoms with E-state index in [0.29, 0.717) is 6.04 Å². The van der Waals surface area contributed by atoms with Gasteiger partial charge in [-0.2, -0.15) is 0 Å². The van der Waals surface area contributed by atoms with E-state index in [1.165, 1.54) is 0 Å². The Kier molecular flexibility index (Phi) is 4.91. The van der Waals surface area contributed by atoms with Gasteiger partial charge in [0.2, 0.25) is 6.35 Å². The average Bonchev–Trinajstić information content (AvgIpc) is 2.68. The maximum Gasteiger partial charge on any atom is 0.229 e. The second-order valence-corrected chi connectivity index (χ2v) is 3.60. The summed E-state index contributed by atoms with van der Waals surface area (Å²) in [6.07, 6.45) is 1.78. The molecule has 0 radical (unpaired) electrons. The van der Waals surface area contributed by atoms with E-state index in [2.05, 4.69) is 17.1 Å². The summed E-state index contributed by atoms with van der Waals surface area (Å²) < 4.78 is 10.8. The first-order valence-corrected chi connectivity index (χ1v) is 5.69. The number of rotatable bonds is 1. The van der Waals surface area contributed by atoms with Gasteiger partial charge in [-0.1, -0.05) is 13.8 Å². The third kappa shape index (κ3) is 3.11. The Morgan fingerprint density at radius 2 is 2.20 bits per heavy atom. The van der Waals surface area contributed by atoms with E-state index in [9.17, 15) is 0 Å². The van der Waals surface area contributed by atoms with Gasteiger partial charge in [0.25, 0.3) is 0 Å². The molecule has 4 heteroatoms. The van der Waals surface area contributed by atoms with Gasteiger partial charge in [-0.05, 0) is 13.8 Å². The van der Waals surface area contributed by atoms with Crippen LogP contribution in [-0.2, 0) is 9.47 Å². The largest absolute Gasteiger partial charge is 0.463 e. The lowest BCUT2D eigenvalue weighted by atomic mass is 10.3. The highest BCUT2D eigenvalue weighted by Gasteiger charge is 2.29. The van der Waals surface area contributed by atoms with Crippen molar-refractivity contribution in [1.82, 2.24) is 10.2 Å². The minimum atomic E-state index is 0.0129. The molecule has 0 bridgehead atoms. The normalized spacial score (nSPS) is 30.8. The fourth-order valence-corrected chi connectivity index (χ4v) is 1.68. The summed E-state index contributed by atoms with van der Waals surface area (Å²) in [6.45, 7) is 10.7. The van der Waals surface area contributed by atoms with Crippen LogP contribution in [0.4, 0.5) is 0 Å². The first-order chi connectivity index (χ1) is 7.27.